The topological polar surface area (TPSA) is 38.5 Å². The summed E-state index contributed by atoms with van der Waals surface area (Å²) in [5, 5.41) is 0. The quantitative estimate of drug-likeness (QED) is 0.841. The van der Waals surface area contributed by atoms with Crippen LogP contribution in [0, 0.1) is 0 Å². The summed E-state index contributed by atoms with van der Waals surface area (Å²) < 4.78 is 5.18. The van der Waals surface area contributed by atoms with Gasteiger partial charge in [0.05, 0.1) is 7.11 Å². The number of nitrogens with two attached hydrogens (primary N) is 1. The zero-order valence-corrected chi connectivity index (χ0v) is 11.6. The number of hydrogen-bond donors (Lipinski definition) is 1. The van der Waals surface area contributed by atoms with Crippen LogP contribution in [0.15, 0.2) is 24.3 Å². The molecule has 1 fully saturated rings. The number of ether oxygens (including phenoxy) is 1. The third-order valence-electron chi connectivity index (χ3n) is 3.92. The summed E-state index contributed by atoms with van der Waals surface area (Å²) in [4.78, 5) is 2.52. The zero-order chi connectivity index (χ0) is 13.1. The van der Waals surface area contributed by atoms with Crippen LogP contribution in [0.5, 0.6) is 5.75 Å². The van der Waals surface area contributed by atoms with E-state index in [4.69, 9.17) is 10.5 Å². The van der Waals surface area contributed by atoms with Gasteiger partial charge >= 0.3 is 0 Å². The van der Waals surface area contributed by atoms with Crippen LogP contribution in [0.2, 0.25) is 0 Å². The van der Waals surface area contributed by atoms with E-state index in [1.54, 1.807) is 7.11 Å². The summed E-state index contributed by atoms with van der Waals surface area (Å²) in [7, 11) is 1.68. The Kier molecular flexibility index (Phi) is 4.25. The van der Waals surface area contributed by atoms with Gasteiger partial charge in [-0.3, -0.25) is 4.90 Å². The Bertz CT molecular complexity index is 373. The van der Waals surface area contributed by atoms with E-state index in [2.05, 4.69) is 30.9 Å². The van der Waals surface area contributed by atoms with E-state index < -0.39 is 0 Å². The smallest absolute Gasteiger partial charge is 0.118 e. The lowest BCUT2D eigenvalue weighted by atomic mass is 10.00. The number of benzene rings is 1. The van der Waals surface area contributed by atoms with Gasteiger partial charge in [0.2, 0.25) is 0 Å². The molecule has 3 nitrogen and oxygen atoms in total. The fourth-order valence-corrected chi connectivity index (χ4v) is 2.60. The van der Waals surface area contributed by atoms with Crippen molar-refractivity contribution in [1.82, 2.24) is 4.90 Å². The second-order valence-corrected chi connectivity index (χ2v) is 5.10. The van der Waals surface area contributed by atoms with Crippen molar-refractivity contribution in [3.05, 3.63) is 29.8 Å². The molecule has 3 heteroatoms. The molecule has 1 aromatic rings. The lowest BCUT2D eigenvalue weighted by molar-refractivity contribution is 0.184. The van der Waals surface area contributed by atoms with E-state index in [0.717, 1.165) is 18.3 Å². The van der Waals surface area contributed by atoms with Gasteiger partial charge in [-0.2, -0.15) is 0 Å². The van der Waals surface area contributed by atoms with E-state index >= 15 is 0 Å². The van der Waals surface area contributed by atoms with Crippen molar-refractivity contribution >= 4 is 0 Å². The minimum absolute atomic E-state index is 0.0662. The van der Waals surface area contributed by atoms with Gasteiger partial charge in [-0.25, -0.2) is 0 Å². The zero-order valence-electron chi connectivity index (χ0n) is 11.6. The van der Waals surface area contributed by atoms with Crippen molar-refractivity contribution in [3.8, 4) is 5.75 Å². The summed E-state index contributed by atoms with van der Waals surface area (Å²) >= 11 is 0. The number of rotatable bonds is 6. The van der Waals surface area contributed by atoms with Crippen molar-refractivity contribution in [1.29, 1.82) is 0 Å². The van der Waals surface area contributed by atoms with E-state index in [1.165, 1.54) is 18.4 Å². The highest BCUT2D eigenvalue weighted by atomic mass is 16.5. The van der Waals surface area contributed by atoms with Crippen LogP contribution in [-0.2, 0) is 0 Å². The molecule has 0 saturated heterocycles. The maximum atomic E-state index is 6.39. The predicted octanol–water partition coefficient (Wildman–Crippen LogP) is 2.57. The van der Waals surface area contributed by atoms with Gasteiger partial charge in [-0.1, -0.05) is 19.1 Å². The first-order chi connectivity index (χ1) is 8.67. The summed E-state index contributed by atoms with van der Waals surface area (Å²) in [6.45, 7) is 5.53. The molecule has 0 radical (unpaired) electrons. The highest BCUT2D eigenvalue weighted by molar-refractivity contribution is 5.29. The van der Waals surface area contributed by atoms with Crippen LogP contribution >= 0.6 is 0 Å². The Labute approximate surface area is 110 Å². The number of hydrogen-bond acceptors (Lipinski definition) is 3. The van der Waals surface area contributed by atoms with Crippen molar-refractivity contribution in [3.63, 3.8) is 0 Å². The van der Waals surface area contributed by atoms with Gasteiger partial charge in [0.15, 0.2) is 0 Å². The molecule has 2 unspecified atom stereocenters. The standard InChI is InChI=1S/C15H24N2O/c1-4-17(13-7-8-13)11(2)15(16)12-5-9-14(18-3)10-6-12/h5-6,9-11,13,15H,4,7-8,16H2,1-3H3. The van der Waals surface area contributed by atoms with Crippen LogP contribution in [0.1, 0.15) is 38.3 Å². The second kappa shape index (κ2) is 5.72. The van der Waals surface area contributed by atoms with Gasteiger partial charge in [0.25, 0.3) is 0 Å². The first kappa shape index (κ1) is 13.4. The summed E-state index contributed by atoms with van der Waals surface area (Å²) in [6.07, 6.45) is 2.65. The maximum Gasteiger partial charge on any atom is 0.118 e. The molecule has 1 aromatic carbocycles. The maximum absolute atomic E-state index is 6.39. The monoisotopic (exact) mass is 248 g/mol. The summed E-state index contributed by atoms with van der Waals surface area (Å²) in [6, 6.07) is 9.31. The molecule has 1 aliphatic carbocycles. The van der Waals surface area contributed by atoms with Crippen molar-refractivity contribution in [2.45, 2.75) is 44.8 Å². The predicted molar refractivity (Wildman–Crippen MR) is 74.8 cm³/mol. The van der Waals surface area contributed by atoms with Crippen LogP contribution in [0.3, 0.4) is 0 Å². The Hall–Kier alpha value is -1.06. The van der Waals surface area contributed by atoms with Crippen LogP contribution in [0.25, 0.3) is 0 Å². The SMILES string of the molecule is CCN(C1CC1)C(C)C(N)c1ccc(OC)cc1. The first-order valence-corrected chi connectivity index (χ1v) is 6.82. The van der Waals surface area contributed by atoms with E-state index in [1.807, 2.05) is 12.1 Å². The molecule has 0 spiro atoms. The van der Waals surface area contributed by atoms with E-state index in [9.17, 15) is 0 Å². The lowest BCUT2D eigenvalue weighted by Gasteiger charge is -2.32. The Morgan fingerprint density at radius 3 is 2.39 bits per heavy atom. The average Bonchev–Trinajstić information content (AvgIpc) is 3.23. The average molecular weight is 248 g/mol. The highest BCUT2D eigenvalue weighted by Gasteiger charge is 2.33. The van der Waals surface area contributed by atoms with Gasteiger partial charge in [-0.05, 0) is 44.0 Å². The fourth-order valence-electron chi connectivity index (χ4n) is 2.60. The Morgan fingerprint density at radius 2 is 1.94 bits per heavy atom. The Morgan fingerprint density at radius 1 is 1.33 bits per heavy atom. The van der Waals surface area contributed by atoms with Crippen molar-refractivity contribution in [2.24, 2.45) is 5.73 Å². The molecule has 0 aliphatic heterocycles. The summed E-state index contributed by atoms with van der Waals surface area (Å²) in [5.74, 6) is 0.883. The molecule has 0 heterocycles. The third kappa shape index (κ3) is 2.85. The minimum Gasteiger partial charge on any atom is -0.497 e. The van der Waals surface area contributed by atoms with Gasteiger partial charge in [0.1, 0.15) is 5.75 Å². The molecule has 2 rings (SSSR count). The minimum atomic E-state index is 0.0662. The van der Waals surface area contributed by atoms with Gasteiger partial charge in [-0.15, -0.1) is 0 Å². The van der Waals surface area contributed by atoms with Crippen LogP contribution < -0.4 is 10.5 Å². The Balaban J connectivity index is 2.06. The van der Waals surface area contributed by atoms with Gasteiger partial charge in [0, 0.05) is 18.1 Å². The molecular formula is C15H24N2O. The molecule has 2 N–H and O–H groups in total. The second-order valence-electron chi connectivity index (χ2n) is 5.10. The van der Waals surface area contributed by atoms with Crippen LogP contribution in [0.4, 0.5) is 0 Å². The van der Waals surface area contributed by atoms with Crippen LogP contribution in [-0.4, -0.2) is 30.6 Å². The molecule has 2 atom stereocenters. The van der Waals surface area contributed by atoms with E-state index in [-0.39, 0.29) is 6.04 Å². The normalized spacial score (nSPS) is 18.7. The molecule has 0 bridgehead atoms. The van der Waals surface area contributed by atoms with Gasteiger partial charge < -0.3 is 10.5 Å². The highest BCUT2D eigenvalue weighted by Crippen LogP contribution is 2.31. The molecule has 1 aliphatic rings. The molecule has 0 amide bonds. The summed E-state index contributed by atoms with van der Waals surface area (Å²) in [5.41, 5.74) is 7.57. The van der Waals surface area contributed by atoms with Crippen molar-refractivity contribution in [2.75, 3.05) is 13.7 Å². The molecule has 0 aromatic heterocycles. The van der Waals surface area contributed by atoms with Crippen molar-refractivity contribution < 1.29 is 4.74 Å². The molecule has 1 saturated carbocycles. The third-order valence-corrected chi connectivity index (χ3v) is 3.92. The number of likely N-dealkylation sites (N-methyl/N-ethyl adjacent to an activating group) is 1. The first-order valence-electron chi connectivity index (χ1n) is 6.82. The largest absolute Gasteiger partial charge is 0.497 e. The van der Waals surface area contributed by atoms with E-state index in [0.29, 0.717) is 6.04 Å². The number of nitrogens with zero attached hydrogens (tertiary/aromatic N) is 1. The molecule has 100 valence electrons. The molecular weight excluding hydrogens is 224 g/mol. The number of methoxy groups -OCH3 is 1. The fraction of sp³-hybridized carbons (Fsp3) is 0.600. The lowest BCUT2D eigenvalue weighted by Crippen LogP contribution is -2.42. The molecule has 18 heavy (non-hydrogen) atoms.